The number of rotatable bonds is 3. The third kappa shape index (κ3) is 3.18. The van der Waals surface area contributed by atoms with E-state index in [1.807, 2.05) is 6.92 Å². The number of nitrogens with zero attached hydrogens (tertiary/aromatic N) is 1. The summed E-state index contributed by atoms with van der Waals surface area (Å²) in [6.45, 7) is 4.08. The van der Waals surface area contributed by atoms with Crippen LogP contribution in [0.2, 0.25) is 0 Å². The van der Waals surface area contributed by atoms with Crippen molar-refractivity contribution in [3.63, 3.8) is 0 Å². The number of halogens is 1. The molecule has 1 unspecified atom stereocenters. The van der Waals surface area contributed by atoms with E-state index in [0.29, 0.717) is 6.42 Å². The molecule has 1 atom stereocenters. The van der Waals surface area contributed by atoms with Crippen molar-refractivity contribution < 1.29 is 0 Å². The molecule has 0 aromatic heterocycles. The lowest BCUT2D eigenvalue weighted by molar-refractivity contribution is 0.819. The van der Waals surface area contributed by atoms with Crippen LogP contribution in [0.15, 0.2) is 18.2 Å². The van der Waals surface area contributed by atoms with E-state index in [2.05, 4.69) is 59.1 Å². The summed E-state index contributed by atoms with van der Waals surface area (Å²) in [7, 11) is 0. The van der Waals surface area contributed by atoms with E-state index in [1.54, 1.807) is 0 Å². The zero-order valence-electron chi connectivity index (χ0n) is 8.34. The number of benzene rings is 1. The second-order valence-corrected chi connectivity index (χ2v) is 4.61. The largest absolute Gasteiger partial charge is 0.381 e. The number of aryl methyl sites for hydroxylation is 1. The van der Waals surface area contributed by atoms with Gasteiger partial charge >= 0.3 is 0 Å². The molecule has 1 aromatic rings. The lowest BCUT2D eigenvalue weighted by Crippen LogP contribution is -2.14. The van der Waals surface area contributed by atoms with Crippen LogP contribution in [-0.2, 0) is 0 Å². The zero-order valence-corrected chi connectivity index (χ0v) is 10.5. The molecule has 14 heavy (non-hydrogen) atoms. The van der Waals surface area contributed by atoms with Gasteiger partial charge in [0.05, 0.1) is 12.5 Å². The van der Waals surface area contributed by atoms with Crippen molar-refractivity contribution in [2.45, 2.75) is 26.3 Å². The lowest BCUT2D eigenvalue weighted by Gasteiger charge is -2.14. The average Bonchev–Trinajstić information content (AvgIpc) is 2.12. The van der Waals surface area contributed by atoms with E-state index in [9.17, 15) is 0 Å². The number of hydrogen-bond donors (Lipinski definition) is 1. The van der Waals surface area contributed by atoms with Crippen molar-refractivity contribution in [2.24, 2.45) is 0 Å². The van der Waals surface area contributed by atoms with E-state index in [4.69, 9.17) is 5.26 Å². The smallest absolute Gasteiger partial charge is 0.0643 e. The lowest BCUT2D eigenvalue weighted by atomic mass is 10.1. The first-order valence-electron chi connectivity index (χ1n) is 4.53. The third-order valence-electron chi connectivity index (χ3n) is 2.00. The minimum atomic E-state index is 0.205. The van der Waals surface area contributed by atoms with Crippen molar-refractivity contribution in [2.75, 3.05) is 5.32 Å². The SMILES string of the molecule is Cc1ccc(I)cc1NC(C)CC#N. The van der Waals surface area contributed by atoms with Gasteiger partial charge < -0.3 is 5.32 Å². The van der Waals surface area contributed by atoms with Gasteiger partial charge in [0.15, 0.2) is 0 Å². The maximum atomic E-state index is 8.55. The first-order valence-corrected chi connectivity index (χ1v) is 5.61. The Kier molecular flexibility index (Phi) is 4.21. The summed E-state index contributed by atoms with van der Waals surface area (Å²) in [5.74, 6) is 0. The predicted octanol–water partition coefficient (Wildman–Crippen LogP) is 3.31. The molecule has 0 aliphatic rings. The standard InChI is InChI=1S/C11H13IN2/c1-8-3-4-10(12)7-11(8)14-9(2)5-6-13/h3-4,7,9,14H,5H2,1-2H3. The summed E-state index contributed by atoms with van der Waals surface area (Å²) >= 11 is 2.29. The first-order chi connectivity index (χ1) is 6.63. The van der Waals surface area contributed by atoms with Crippen molar-refractivity contribution in [3.05, 3.63) is 27.3 Å². The Morgan fingerprint density at radius 3 is 2.93 bits per heavy atom. The Morgan fingerprint density at radius 2 is 2.29 bits per heavy atom. The number of anilines is 1. The van der Waals surface area contributed by atoms with Gasteiger partial charge in [-0.25, -0.2) is 0 Å². The van der Waals surface area contributed by atoms with Gasteiger partial charge in [-0.15, -0.1) is 0 Å². The number of nitriles is 1. The fraction of sp³-hybridized carbons (Fsp3) is 0.364. The highest BCUT2D eigenvalue weighted by atomic mass is 127. The third-order valence-corrected chi connectivity index (χ3v) is 2.67. The van der Waals surface area contributed by atoms with Crippen LogP contribution in [0.3, 0.4) is 0 Å². The Hall–Kier alpha value is -0.760. The average molecular weight is 300 g/mol. The quantitative estimate of drug-likeness (QED) is 0.869. The van der Waals surface area contributed by atoms with Crippen molar-refractivity contribution in [3.8, 4) is 6.07 Å². The molecule has 0 aliphatic heterocycles. The molecule has 0 fully saturated rings. The highest BCUT2D eigenvalue weighted by molar-refractivity contribution is 14.1. The van der Waals surface area contributed by atoms with E-state index < -0.39 is 0 Å². The van der Waals surface area contributed by atoms with Crippen LogP contribution in [-0.4, -0.2) is 6.04 Å². The van der Waals surface area contributed by atoms with Gasteiger partial charge in [-0.05, 0) is 54.1 Å². The van der Waals surface area contributed by atoms with Gasteiger partial charge in [0.2, 0.25) is 0 Å². The Morgan fingerprint density at radius 1 is 1.57 bits per heavy atom. The molecule has 0 saturated heterocycles. The van der Waals surface area contributed by atoms with Gasteiger partial charge in [-0.3, -0.25) is 0 Å². The Bertz CT molecular complexity index is 355. The first kappa shape index (κ1) is 11.3. The molecule has 0 spiro atoms. The molecule has 0 amide bonds. The predicted molar refractivity (Wildman–Crippen MR) is 67.2 cm³/mol. The molecule has 0 heterocycles. The molecule has 1 N–H and O–H groups in total. The van der Waals surface area contributed by atoms with Crippen LogP contribution in [0.4, 0.5) is 5.69 Å². The van der Waals surface area contributed by atoms with Crippen molar-refractivity contribution in [1.82, 2.24) is 0 Å². The van der Waals surface area contributed by atoms with Crippen LogP contribution in [0.5, 0.6) is 0 Å². The maximum Gasteiger partial charge on any atom is 0.0643 e. The van der Waals surface area contributed by atoms with Crippen LogP contribution in [0.25, 0.3) is 0 Å². The normalized spacial score (nSPS) is 11.9. The van der Waals surface area contributed by atoms with E-state index in [0.717, 1.165) is 5.69 Å². The summed E-state index contributed by atoms with van der Waals surface area (Å²) in [6, 6.07) is 8.63. The fourth-order valence-electron chi connectivity index (χ4n) is 1.20. The molecular formula is C11H13IN2. The summed E-state index contributed by atoms with van der Waals surface area (Å²) in [4.78, 5) is 0. The van der Waals surface area contributed by atoms with Gasteiger partial charge in [0.25, 0.3) is 0 Å². The summed E-state index contributed by atoms with van der Waals surface area (Å²) in [5, 5.41) is 11.9. The highest BCUT2D eigenvalue weighted by Gasteiger charge is 2.03. The molecule has 0 aliphatic carbocycles. The molecule has 0 saturated carbocycles. The fourth-order valence-corrected chi connectivity index (χ4v) is 1.69. The van der Waals surface area contributed by atoms with Gasteiger partial charge in [0.1, 0.15) is 0 Å². The Labute approximate surface area is 98.5 Å². The molecule has 0 bridgehead atoms. The maximum absolute atomic E-state index is 8.55. The second kappa shape index (κ2) is 5.20. The Balaban J connectivity index is 2.76. The summed E-state index contributed by atoms with van der Waals surface area (Å²) in [6.07, 6.45) is 0.533. The van der Waals surface area contributed by atoms with Gasteiger partial charge in [0, 0.05) is 15.3 Å². The molecule has 74 valence electrons. The molecule has 2 nitrogen and oxygen atoms in total. The van der Waals surface area contributed by atoms with Gasteiger partial charge in [-0.1, -0.05) is 6.07 Å². The number of nitrogens with one attached hydrogen (secondary N) is 1. The summed E-state index contributed by atoms with van der Waals surface area (Å²) < 4.78 is 1.21. The minimum Gasteiger partial charge on any atom is -0.381 e. The molecule has 1 aromatic carbocycles. The molecule has 0 radical (unpaired) electrons. The van der Waals surface area contributed by atoms with E-state index >= 15 is 0 Å². The van der Waals surface area contributed by atoms with Crippen molar-refractivity contribution >= 4 is 28.3 Å². The topological polar surface area (TPSA) is 35.8 Å². The second-order valence-electron chi connectivity index (χ2n) is 3.37. The molecule has 1 rings (SSSR count). The van der Waals surface area contributed by atoms with E-state index in [1.165, 1.54) is 9.13 Å². The number of hydrogen-bond acceptors (Lipinski definition) is 2. The zero-order chi connectivity index (χ0) is 10.6. The monoisotopic (exact) mass is 300 g/mol. The molecule has 3 heteroatoms. The minimum absolute atomic E-state index is 0.205. The summed E-state index contributed by atoms with van der Waals surface area (Å²) in [5.41, 5.74) is 2.34. The van der Waals surface area contributed by atoms with Crippen molar-refractivity contribution in [1.29, 1.82) is 5.26 Å². The molecular weight excluding hydrogens is 287 g/mol. The van der Waals surface area contributed by atoms with Crippen LogP contribution in [0, 0.1) is 21.8 Å². The highest BCUT2D eigenvalue weighted by Crippen LogP contribution is 2.19. The van der Waals surface area contributed by atoms with Crippen LogP contribution < -0.4 is 5.32 Å². The van der Waals surface area contributed by atoms with Crippen LogP contribution in [0.1, 0.15) is 18.9 Å². The van der Waals surface area contributed by atoms with E-state index in [-0.39, 0.29) is 6.04 Å². The van der Waals surface area contributed by atoms with Gasteiger partial charge in [-0.2, -0.15) is 5.26 Å². The van der Waals surface area contributed by atoms with Crippen LogP contribution >= 0.6 is 22.6 Å².